The number of methoxy groups -OCH3 is 1. The van der Waals surface area contributed by atoms with Gasteiger partial charge in [-0.1, -0.05) is 0 Å². The minimum absolute atomic E-state index is 0.0818. The minimum atomic E-state index is -0.487. The molecule has 1 aliphatic rings. The van der Waals surface area contributed by atoms with Crippen molar-refractivity contribution in [2.24, 2.45) is 5.90 Å². The molecule has 0 aromatic heterocycles. The largest absolute Gasteiger partial charge is 0.493 e. The summed E-state index contributed by atoms with van der Waals surface area (Å²) in [5.41, 5.74) is 0.570. The summed E-state index contributed by atoms with van der Waals surface area (Å²) >= 11 is 0. The van der Waals surface area contributed by atoms with Gasteiger partial charge in [-0.15, -0.1) is 0 Å². The number of ether oxygens (including phenoxy) is 3. The molecular formula is C10H12FNO4. The second-order valence-corrected chi connectivity index (χ2v) is 3.22. The van der Waals surface area contributed by atoms with Gasteiger partial charge in [-0.05, 0) is 0 Å². The molecule has 0 saturated heterocycles. The maximum atomic E-state index is 13.6. The highest BCUT2D eigenvalue weighted by Crippen LogP contribution is 2.42. The van der Waals surface area contributed by atoms with Crippen LogP contribution in [0, 0.1) is 5.82 Å². The van der Waals surface area contributed by atoms with Gasteiger partial charge in [-0.25, -0.2) is 10.3 Å². The quantitative estimate of drug-likeness (QED) is 0.780. The standard InChI is InChI=1S/C10H12FNO4/c1-13-9-6(2-3-16-12)10-8(4-7(9)11)14-5-15-10/h4H,2-3,5,12H2,1H3. The van der Waals surface area contributed by atoms with E-state index in [1.807, 2.05) is 0 Å². The molecule has 0 amide bonds. The molecule has 2 rings (SSSR count). The first kappa shape index (κ1) is 11.0. The number of halogens is 1. The lowest BCUT2D eigenvalue weighted by atomic mass is 10.1. The molecule has 0 atom stereocenters. The van der Waals surface area contributed by atoms with Crippen molar-refractivity contribution in [1.82, 2.24) is 0 Å². The maximum absolute atomic E-state index is 13.6. The molecule has 0 unspecified atom stereocenters. The fourth-order valence-corrected chi connectivity index (χ4v) is 1.67. The SMILES string of the molecule is COc1c(F)cc2c(c1CCON)OCO2. The molecule has 16 heavy (non-hydrogen) atoms. The molecule has 0 radical (unpaired) electrons. The molecule has 88 valence electrons. The molecule has 6 heteroatoms. The van der Waals surface area contributed by atoms with Gasteiger partial charge >= 0.3 is 0 Å². The molecule has 1 aliphatic heterocycles. The highest BCUT2D eigenvalue weighted by molar-refractivity contribution is 5.55. The topological polar surface area (TPSA) is 62.9 Å². The molecule has 0 fully saturated rings. The highest BCUT2D eigenvalue weighted by atomic mass is 19.1. The summed E-state index contributed by atoms with van der Waals surface area (Å²) < 4.78 is 29.0. The monoisotopic (exact) mass is 229 g/mol. The van der Waals surface area contributed by atoms with E-state index < -0.39 is 5.82 Å². The summed E-state index contributed by atoms with van der Waals surface area (Å²) in [7, 11) is 1.40. The fraction of sp³-hybridized carbons (Fsp3) is 0.400. The Labute approximate surface area is 91.8 Å². The van der Waals surface area contributed by atoms with E-state index in [2.05, 4.69) is 4.84 Å². The fourth-order valence-electron chi connectivity index (χ4n) is 1.67. The van der Waals surface area contributed by atoms with E-state index in [0.717, 1.165) is 0 Å². The van der Waals surface area contributed by atoms with Crippen LogP contribution in [0.5, 0.6) is 17.2 Å². The lowest BCUT2D eigenvalue weighted by molar-refractivity contribution is 0.139. The van der Waals surface area contributed by atoms with Crippen LogP contribution in [0.1, 0.15) is 5.56 Å². The van der Waals surface area contributed by atoms with Crippen molar-refractivity contribution in [2.45, 2.75) is 6.42 Å². The van der Waals surface area contributed by atoms with Gasteiger partial charge < -0.3 is 19.0 Å². The smallest absolute Gasteiger partial charge is 0.231 e. The molecule has 0 bridgehead atoms. The van der Waals surface area contributed by atoms with Crippen LogP contribution in [-0.4, -0.2) is 20.5 Å². The predicted molar refractivity (Wildman–Crippen MR) is 52.9 cm³/mol. The van der Waals surface area contributed by atoms with E-state index in [9.17, 15) is 4.39 Å². The molecular weight excluding hydrogens is 217 g/mol. The van der Waals surface area contributed by atoms with Gasteiger partial charge in [0, 0.05) is 18.1 Å². The molecule has 2 N–H and O–H groups in total. The van der Waals surface area contributed by atoms with Gasteiger partial charge in [0.1, 0.15) is 0 Å². The zero-order valence-electron chi connectivity index (χ0n) is 8.79. The van der Waals surface area contributed by atoms with Crippen molar-refractivity contribution in [3.8, 4) is 17.2 Å². The average Bonchev–Trinajstić information content (AvgIpc) is 2.72. The Morgan fingerprint density at radius 1 is 1.50 bits per heavy atom. The van der Waals surface area contributed by atoms with Crippen molar-refractivity contribution in [1.29, 1.82) is 0 Å². The molecule has 1 aromatic rings. The van der Waals surface area contributed by atoms with Gasteiger partial charge in [0.15, 0.2) is 23.1 Å². The number of hydrogen-bond acceptors (Lipinski definition) is 5. The van der Waals surface area contributed by atoms with Crippen LogP contribution >= 0.6 is 0 Å². The first-order valence-corrected chi connectivity index (χ1v) is 4.74. The third-order valence-electron chi connectivity index (χ3n) is 2.34. The highest BCUT2D eigenvalue weighted by Gasteiger charge is 2.24. The molecule has 1 aromatic carbocycles. The summed E-state index contributed by atoms with van der Waals surface area (Å²) in [5, 5.41) is 0. The number of rotatable bonds is 4. The minimum Gasteiger partial charge on any atom is -0.493 e. The van der Waals surface area contributed by atoms with Gasteiger partial charge in [0.2, 0.25) is 6.79 Å². The predicted octanol–water partition coefficient (Wildman–Crippen LogP) is 0.996. The van der Waals surface area contributed by atoms with Crippen molar-refractivity contribution in [3.63, 3.8) is 0 Å². The van der Waals surface area contributed by atoms with E-state index in [1.165, 1.54) is 13.2 Å². The molecule has 5 nitrogen and oxygen atoms in total. The van der Waals surface area contributed by atoms with Crippen molar-refractivity contribution in [3.05, 3.63) is 17.4 Å². The Kier molecular flexibility index (Phi) is 3.12. The Hall–Kier alpha value is -1.53. The molecule has 1 heterocycles. The second-order valence-electron chi connectivity index (χ2n) is 3.22. The average molecular weight is 229 g/mol. The first-order valence-electron chi connectivity index (χ1n) is 4.74. The van der Waals surface area contributed by atoms with E-state index in [-0.39, 0.29) is 19.1 Å². The Morgan fingerprint density at radius 2 is 2.31 bits per heavy atom. The van der Waals surface area contributed by atoms with Gasteiger partial charge in [0.05, 0.1) is 13.7 Å². The lowest BCUT2D eigenvalue weighted by Crippen LogP contribution is -2.06. The van der Waals surface area contributed by atoms with Crippen LogP contribution in [-0.2, 0) is 11.3 Å². The normalized spacial score (nSPS) is 12.9. The Morgan fingerprint density at radius 3 is 3.00 bits per heavy atom. The molecule has 0 saturated carbocycles. The third-order valence-corrected chi connectivity index (χ3v) is 2.34. The van der Waals surface area contributed by atoms with E-state index in [4.69, 9.17) is 20.1 Å². The number of nitrogens with two attached hydrogens (primary N) is 1. The summed E-state index contributed by atoms with van der Waals surface area (Å²) in [6.07, 6.45) is 0.392. The summed E-state index contributed by atoms with van der Waals surface area (Å²) in [6.45, 7) is 0.327. The van der Waals surface area contributed by atoms with E-state index in [0.29, 0.717) is 23.5 Å². The van der Waals surface area contributed by atoms with Crippen molar-refractivity contribution in [2.75, 3.05) is 20.5 Å². The summed E-state index contributed by atoms with van der Waals surface area (Å²) in [4.78, 5) is 4.47. The van der Waals surface area contributed by atoms with Crippen LogP contribution in [0.15, 0.2) is 6.07 Å². The molecule has 0 spiro atoms. The Bertz CT molecular complexity index is 393. The van der Waals surface area contributed by atoms with Crippen LogP contribution in [0.2, 0.25) is 0 Å². The van der Waals surface area contributed by atoms with E-state index >= 15 is 0 Å². The molecule has 0 aliphatic carbocycles. The third kappa shape index (κ3) is 1.77. The van der Waals surface area contributed by atoms with Gasteiger partial charge in [-0.3, -0.25) is 0 Å². The van der Waals surface area contributed by atoms with Crippen molar-refractivity contribution < 1.29 is 23.4 Å². The lowest BCUT2D eigenvalue weighted by Gasteiger charge is -2.11. The van der Waals surface area contributed by atoms with Crippen LogP contribution < -0.4 is 20.1 Å². The Balaban J connectivity index is 2.44. The number of benzene rings is 1. The van der Waals surface area contributed by atoms with Crippen LogP contribution in [0.25, 0.3) is 0 Å². The number of hydrogen-bond donors (Lipinski definition) is 1. The van der Waals surface area contributed by atoms with Gasteiger partial charge in [0.25, 0.3) is 0 Å². The summed E-state index contributed by atoms with van der Waals surface area (Å²) in [5.74, 6) is 5.47. The zero-order valence-corrected chi connectivity index (χ0v) is 8.79. The van der Waals surface area contributed by atoms with Crippen LogP contribution in [0.3, 0.4) is 0 Å². The van der Waals surface area contributed by atoms with Crippen LogP contribution in [0.4, 0.5) is 4.39 Å². The summed E-state index contributed by atoms with van der Waals surface area (Å²) in [6, 6.07) is 1.24. The second kappa shape index (κ2) is 4.54. The zero-order chi connectivity index (χ0) is 11.5. The number of fused-ring (bicyclic) bond motifs is 1. The van der Waals surface area contributed by atoms with E-state index in [1.54, 1.807) is 0 Å². The first-order chi connectivity index (χ1) is 7.77. The van der Waals surface area contributed by atoms with Gasteiger partial charge in [-0.2, -0.15) is 0 Å². The maximum Gasteiger partial charge on any atom is 0.231 e. The van der Waals surface area contributed by atoms with Crippen molar-refractivity contribution >= 4 is 0 Å².